The molecule has 5 nitrogen and oxygen atoms in total. The zero-order chi connectivity index (χ0) is 41.7. The monoisotopic (exact) mass is 804 g/mol. The molecule has 0 fully saturated rings. The maximum absolute atomic E-state index is 6.59. The van der Waals surface area contributed by atoms with Crippen LogP contribution in [-0.4, -0.2) is 19.9 Å². The van der Waals surface area contributed by atoms with Gasteiger partial charge >= 0.3 is 0 Å². The first kappa shape index (κ1) is 36.3. The molecule has 0 saturated heterocycles. The van der Waals surface area contributed by atoms with Gasteiger partial charge in [-0.05, 0) is 79.2 Å². The molecule has 0 aliphatic rings. The van der Waals surface area contributed by atoms with Crippen molar-refractivity contribution in [3.8, 4) is 79.0 Å². The van der Waals surface area contributed by atoms with Gasteiger partial charge in [-0.25, -0.2) is 19.9 Å². The summed E-state index contributed by atoms with van der Waals surface area (Å²) in [5.74, 6) is 2.45. The Labute approximate surface area is 363 Å². The molecule has 0 amide bonds. The maximum atomic E-state index is 6.59. The lowest BCUT2D eigenvalue weighted by atomic mass is 9.94. The van der Waals surface area contributed by atoms with Gasteiger partial charge in [0.15, 0.2) is 23.1 Å². The molecule has 5 heteroatoms. The molecule has 0 spiro atoms. The van der Waals surface area contributed by atoms with E-state index < -0.39 is 0 Å². The van der Waals surface area contributed by atoms with Crippen LogP contribution >= 0.6 is 0 Å². The zero-order valence-corrected chi connectivity index (χ0v) is 34.0. The van der Waals surface area contributed by atoms with E-state index in [0.717, 1.165) is 93.5 Å². The molecule has 0 radical (unpaired) electrons. The minimum Gasteiger partial charge on any atom is -0.435 e. The van der Waals surface area contributed by atoms with Crippen LogP contribution in [0.1, 0.15) is 0 Å². The number of hydrogen-bond acceptors (Lipinski definition) is 5. The number of hydrogen-bond donors (Lipinski definition) is 0. The molecule has 0 aliphatic carbocycles. The Morgan fingerprint density at radius 2 is 0.683 bits per heavy atom. The molecule has 12 rings (SSSR count). The zero-order valence-electron chi connectivity index (χ0n) is 34.0. The second-order valence-corrected chi connectivity index (χ2v) is 15.8. The Balaban J connectivity index is 0.973. The van der Waals surface area contributed by atoms with Crippen molar-refractivity contribution >= 4 is 43.4 Å². The summed E-state index contributed by atoms with van der Waals surface area (Å²) in [7, 11) is 0. The molecule has 10 aromatic carbocycles. The summed E-state index contributed by atoms with van der Waals surface area (Å²) >= 11 is 0. The van der Waals surface area contributed by atoms with Crippen molar-refractivity contribution < 1.29 is 4.42 Å². The van der Waals surface area contributed by atoms with Crippen LogP contribution in [0, 0.1) is 0 Å². The van der Waals surface area contributed by atoms with Crippen molar-refractivity contribution in [2.75, 3.05) is 0 Å². The van der Waals surface area contributed by atoms with Gasteiger partial charge in [0.2, 0.25) is 5.89 Å². The lowest BCUT2D eigenvalue weighted by Gasteiger charge is -2.13. The van der Waals surface area contributed by atoms with Gasteiger partial charge in [-0.15, -0.1) is 0 Å². The highest BCUT2D eigenvalue weighted by Gasteiger charge is 2.19. The predicted octanol–water partition coefficient (Wildman–Crippen LogP) is 15.1. The summed E-state index contributed by atoms with van der Waals surface area (Å²) in [6.45, 7) is 0. The van der Waals surface area contributed by atoms with E-state index >= 15 is 0 Å². The molecular weight excluding hydrogens is 769 g/mol. The van der Waals surface area contributed by atoms with E-state index in [9.17, 15) is 0 Å². The number of aromatic nitrogens is 4. The SMILES string of the molecule is c1ccc(-c2ccc(-c3nc(-c4ccc(-c5ccc6c7ccccc7c7nc(-c8ccccc8)oc7c6c5)cc4)nc(-c4ccc(-c5ccccc5)c5ccccc45)n3)cc2)cc1. The third kappa shape index (κ3) is 6.51. The molecular formula is C58H36N4O. The summed E-state index contributed by atoms with van der Waals surface area (Å²) in [5.41, 5.74) is 12.1. The number of fused-ring (bicyclic) bond motifs is 7. The van der Waals surface area contributed by atoms with E-state index in [0.29, 0.717) is 23.4 Å². The fraction of sp³-hybridized carbons (Fsp3) is 0. The smallest absolute Gasteiger partial charge is 0.227 e. The highest BCUT2D eigenvalue weighted by molar-refractivity contribution is 6.23. The van der Waals surface area contributed by atoms with Gasteiger partial charge in [-0.3, -0.25) is 0 Å². The first-order chi connectivity index (χ1) is 31.2. The average Bonchev–Trinajstić information content (AvgIpc) is 3.83. The second-order valence-electron chi connectivity index (χ2n) is 15.8. The van der Waals surface area contributed by atoms with Gasteiger partial charge in [0.1, 0.15) is 5.52 Å². The van der Waals surface area contributed by atoms with E-state index in [2.05, 4.69) is 176 Å². The quantitative estimate of drug-likeness (QED) is 0.150. The highest BCUT2D eigenvalue weighted by atomic mass is 16.3. The number of nitrogens with zero attached hydrogens (tertiary/aromatic N) is 4. The van der Waals surface area contributed by atoms with Crippen LogP contribution in [0.3, 0.4) is 0 Å². The van der Waals surface area contributed by atoms with Crippen molar-refractivity contribution in [3.63, 3.8) is 0 Å². The van der Waals surface area contributed by atoms with Gasteiger partial charge < -0.3 is 4.42 Å². The lowest BCUT2D eigenvalue weighted by molar-refractivity contribution is 0.623. The Hall–Kier alpha value is -8.54. The number of benzene rings is 10. The minimum atomic E-state index is 0.603. The van der Waals surface area contributed by atoms with Crippen LogP contribution in [0.2, 0.25) is 0 Å². The molecule has 294 valence electrons. The predicted molar refractivity (Wildman–Crippen MR) is 258 cm³/mol. The van der Waals surface area contributed by atoms with E-state index in [-0.39, 0.29) is 0 Å². The molecule has 0 atom stereocenters. The number of rotatable bonds is 7. The maximum Gasteiger partial charge on any atom is 0.227 e. The number of oxazole rings is 1. The van der Waals surface area contributed by atoms with Gasteiger partial charge in [0.05, 0.1) is 0 Å². The van der Waals surface area contributed by atoms with Crippen LogP contribution < -0.4 is 0 Å². The summed E-state index contributed by atoms with van der Waals surface area (Å²) in [6, 6.07) is 75.8. The molecule has 0 unspecified atom stereocenters. The summed E-state index contributed by atoms with van der Waals surface area (Å²) in [5, 5.41) is 6.59. The van der Waals surface area contributed by atoms with Gasteiger partial charge in [0, 0.05) is 33.0 Å². The lowest BCUT2D eigenvalue weighted by Crippen LogP contribution is -2.01. The molecule has 0 aliphatic heterocycles. The standard InChI is InChI=1S/C58H36N4O/c1-4-14-37(15-5-1)38-24-28-41(29-25-38)55-60-56(62-57(61-55)51-35-34-45(40-16-6-2-7-17-40)46-20-10-11-22-48(46)51)42-30-26-39(27-31-42)44-32-33-49-47-21-12-13-23-50(47)53-54(52(49)36-44)63-58(59-53)43-18-8-3-9-19-43/h1-36H. The Bertz CT molecular complexity index is 3640. The van der Waals surface area contributed by atoms with Crippen LogP contribution in [-0.2, 0) is 0 Å². The first-order valence-electron chi connectivity index (χ1n) is 21.1. The van der Waals surface area contributed by atoms with Crippen molar-refractivity contribution in [2.24, 2.45) is 0 Å². The average molecular weight is 805 g/mol. The summed E-state index contributed by atoms with van der Waals surface area (Å²) < 4.78 is 6.59. The summed E-state index contributed by atoms with van der Waals surface area (Å²) in [4.78, 5) is 20.6. The fourth-order valence-electron chi connectivity index (χ4n) is 8.83. The van der Waals surface area contributed by atoms with Crippen molar-refractivity contribution in [1.82, 2.24) is 19.9 Å². The Morgan fingerprint density at radius 1 is 0.254 bits per heavy atom. The first-order valence-corrected chi connectivity index (χ1v) is 21.1. The molecule has 2 heterocycles. The van der Waals surface area contributed by atoms with Crippen molar-refractivity contribution in [3.05, 3.63) is 218 Å². The van der Waals surface area contributed by atoms with Crippen LogP contribution in [0.5, 0.6) is 0 Å². The third-order valence-electron chi connectivity index (χ3n) is 12.0. The van der Waals surface area contributed by atoms with Gasteiger partial charge in [-0.2, -0.15) is 0 Å². The molecule has 0 bridgehead atoms. The molecule has 0 saturated carbocycles. The molecule has 12 aromatic rings. The molecule has 63 heavy (non-hydrogen) atoms. The molecule has 2 aromatic heterocycles. The van der Waals surface area contributed by atoms with E-state index in [1.165, 1.54) is 5.56 Å². The van der Waals surface area contributed by atoms with Crippen LogP contribution in [0.15, 0.2) is 223 Å². The molecule has 0 N–H and O–H groups in total. The van der Waals surface area contributed by atoms with Crippen molar-refractivity contribution in [2.45, 2.75) is 0 Å². The van der Waals surface area contributed by atoms with Gasteiger partial charge in [-0.1, -0.05) is 194 Å². The second kappa shape index (κ2) is 15.2. The normalized spacial score (nSPS) is 11.5. The van der Waals surface area contributed by atoms with E-state index in [4.69, 9.17) is 24.4 Å². The largest absolute Gasteiger partial charge is 0.435 e. The topological polar surface area (TPSA) is 64.7 Å². The fourth-order valence-corrected chi connectivity index (χ4v) is 8.83. The highest BCUT2D eigenvalue weighted by Crippen LogP contribution is 2.40. The third-order valence-corrected chi connectivity index (χ3v) is 12.0. The minimum absolute atomic E-state index is 0.603. The van der Waals surface area contributed by atoms with E-state index in [1.54, 1.807) is 0 Å². The van der Waals surface area contributed by atoms with Crippen LogP contribution in [0.25, 0.3) is 122 Å². The van der Waals surface area contributed by atoms with Gasteiger partial charge in [0.25, 0.3) is 0 Å². The Kier molecular flexibility index (Phi) is 8.75. The summed E-state index contributed by atoms with van der Waals surface area (Å²) in [6.07, 6.45) is 0. The van der Waals surface area contributed by atoms with E-state index in [1.807, 2.05) is 42.5 Å². The van der Waals surface area contributed by atoms with Crippen LogP contribution in [0.4, 0.5) is 0 Å². The Morgan fingerprint density at radius 3 is 1.32 bits per heavy atom. The van der Waals surface area contributed by atoms with Crippen molar-refractivity contribution in [1.29, 1.82) is 0 Å².